The van der Waals surface area contributed by atoms with Gasteiger partial charge >= 0.3 is 0 Å². The Bertz CT molecular complexity index is 602. The summed E-state index contributed by atoms with van der Waals surface area (Å²) in [4.78, 5) is 12.0. The lowest BCUT2D eigenvalue weighted by Crippen LogP contribution is -2.28. The molecule has 0 aliphatic carbocycles. The standard InChI is InChI=1S/C17H22N4O/c22-17(7-6-14-8-10-18-11-9-14)20-15-12-19-21(13-15)16-4-2-1-3-5-16/h1-5,12-14,18H,6-11H2,(H,20,22). The Hall–Kier alpha value is -2.14. The van der Waals surface area contributed by atoms with Gasteiger partial charge in [0.25, 0.3) is 0 Å². The number of hydrogen-bond donors (Lipinski definition) is 2. The molecule has 5 heteroatoms. The number of carbonyl (C=O) groups excluding carboxylic acids is 1. The number of hydrogen-bond acceptors (Lipinski definition) is 3. The maximum Gasteiger partial charge on any atom is 0.224 e. The van der Waals surface area contributed by atoms with Gasteiger partial charge in [-0.1, -0.05) is 18.2 Å². The fourth-order valence-corrected chi connectivity index (χ4v) is 2.84. The number of nitrogens with zero attached hydrogens (tertiary/aromatic N) is 2. The minimum absolute atomic E-state index is 0.0751. The average molecular weight is 298 g/mol. The van der Waals surface area contributed by atoms with Gasteiger partial charge in [0.1, 0.15) is 0 Å². The smallest absolute Gasteiger partial charge is 0.224 e. The number of nitrogens with one attached hydrogen (secondary N) is 2. The third kappa shape index (κ3) is 3.95. The molecule has 0 atom stereocenters. The van der Waals surface area contributed by atoms with Crippen LogP contribution in [0.2, 0.25) is 0 Å². The molecule has 2 aromatic rings. The summed E-state index contributed by atoms with van der Waals surface area (Å²) in [6.07, 6.45) is 7.45. The highest BCUT2D eigenvalue weighted by molar-refractivity contribution is 5.90. The van der Waals surface area contributed by atoms with Gasteiger partial charge in [0.2, 0.25) is 5.91 Å². The Morgan fingerprint density at radius 2 is 2.05 bits per heavy atom. The molecule has 116 valence electrons. The monoisotopic (exact) mass is 298 g/mol. The van der Waals surface area contributed by atoms with E-state index in [1.165, 1.54) is 12.8 Å². The van der Waals surface area contributed by atoms with E-state index in [1.807, 2.05) is 36.5 Å². The van der Waals surface area contributed by atoms with Gasteiger partial charge in [0, 0.05) is 6.42 Å². The Kier molecular flexibility index (Phi) is 4.85. The quantitative estimate of drug-likeness (QED) is 0.892. The first-order chi connectivity index (χ1) is 10.8. The van der Waals surface area contributed by atoms with E-state index in [-0.39, 0.29) is 5.91 Å². The van der Waals surface area contributed by atoms with Crippen LogP contribution in [0.3, 0.4) is 0 Å². The van der Waals surface area contributed by atoms with Crippen molar-refractivity contribution in [2.75, 3.05) is 18.4 Å². The van der Waals surface area contributed by atoms with Crippen molar-refractivity contribution in [2.45, 2.75) is 25.7 Å². The fraction of sp³-hybridized carbons (Fsp3) is 0.412. The summed E-state index contributed by atoms with van der Waals surface area (Å²) < 4.78 is 1.77. The summed E-state index contributed by atoms with van der Waals surface area (Å²) in [5.74, 6) is 0.755. The second-order valence-corrected chi connectivity index (χ2v) is 5.79. The largest absolute Gasteiger partial charge is 0.323 e. The van der Waals surface area contributed by atoms with Crippen LogP contribution in [0.15, 0.2) is 42.7 Å². The van der Waals surface area contributed by atoms with Crippen LogP contribution in [0, 0.1) is 5.92 Å². The third-order valence-electron chi connectivity index (χ3n) is 4.13. The molecule has 22 heavy (non-hydrogen) atoms. The van der Waals surface area contributed by atoms with Crippen LogP contribution >= 0.6 is 0 Å². The maximum atomic E-state index is 12.0. The summed E-state index contributed by atoms with van der Waals surface area (Å²) in [7, 11) is 0. The van der Waals surface area contributed by atoms with Crippen LogP contribution in [0.1, 0.15) is 25.7 Å². The normalized spacial score (nSPS) is 15.6. The van der Waals surface area contributed by atoms with Crippen molar-refractivity contribution < 1.29 is 4.79 Å². The van der Waals surface area contributed by atoms with E-state index in [0.717, 1.165) is 30.9 Å². The first-order valence-electron chi connectivity index (χ1n) is 7.92. The molecule has 0 spiro atoms. The number of carbonyl (C=O) groups is 1. The van der Waals surface area contributed by atoms with E-state index in [1.54, 1.807) is 10.9 Å². The molecule has 1 aromatic carbocycles. The van der Waals surface area contributed by atoms with Crippen molar-refractivity contribution >= 4 is 11.6 Å². The van der Waals surface area contributed by atoms with Gasteiger partial charge in [-0.25, -0.2) is 4.68 Å². The van der Waals surface area contributed by atoms with Crippen LogP contribution < -0.4 is 10.6 Å². The zero-order valence-electron chi connectivity index (χ0n) is 12.7. The molecular formula is C17H22N4O. The molecule has 5 nitrogen and oxygen atoms in total. The highest BCUT2D eigenvalue weighted by atomic mass is 16.1. The molecule has 1 aliphatic rings. The van der Waals surface area contributed by atoms with Gasteiger partial charge in [-0.05, 0) is 50.4 Å². The summed E-state index contributed by atoms with van der Waals surface area (Å²) in [6.45, 7) is 2.16. The summed E-state index contributed by atoms with van der Waals surface area (Å²) in [5, 5.41) is 10.6. The lowest BCUT2D eigenvalue weighted by atomic mass is 9.93. The molecule has 0 unspecified atom stereocenters. The molecule has 2 heterocycles. The molecule has 1 aliphatic heterocycles. The summed E-state index contributed by atoms with van der Waals surface area (Å²) in [6, 6.07) is 9.87. The summed E-state index contributed by atoms with van der Waals surface area (Å²) >= 11 is 0. The molecular weight excluding hydrogens is 276 g/mol. The zero-order chi connectivity index (χ0) is 15.2. The number of para-hydroxylation sites is 1. The van der Waals surface area contributed by atoms with Crippen LogP contribution in [0.25, 0.3) is 5.69 Å². The number of amides is 1. The van der Waals surface area contributed by atoms with E-state index in [4.69, 9.17) is 0 Å². The molecule has 0 saturated carbocycles. The highest BCUT2D eigenvalue weighted by Gasteiger charge is 2.14. The van der Waals surface area contributed by atoms with Gasteiger partial charge in [0.05, 0.1) is 23.8 Å². The molecule has 1 saturated heterocycles. The molecule has 2 N–H and O–H groups in total. The fourth-order valence-electron chi connectivity index (χ4n) is 2.84. The third-order valence-corrected chi connectivity index (χ3v) is 4.13. The minimum atomic E-state index is 0.0751. The second-order valence-electron chi connectivity index (χ2n) is 5.79. The number of anilines is 1. The van der Waals surface area contributed by atoms with E-state index < -0.39 is 0 Å². The lowest BCUT2D eigenvalue weighted by molar-refractivity contribution is -0.116. The lowest BCUT2D eigenvalue weighted by Gasteiger charge is -2.22. The second kappa shape index (κ2) is 7.22. The van der Waals surface area contributed by atoms with Gasteiger partial charge in [-0.15, -0.1) is 0 Å². The van der Waals surface area contributed by atoms with Crippen LogP contribution in [0.5, 0.6) is 0 Å². The van der Waals surface area contributed by atoms with Crippen molar-refractivity contribution in [1.82, 2.24) is 15.1 Å². The molecule has 0 bridgehead atoms. The molecule has 1 fully saturated rings. The van der Waals surface area contributed by atoms with Gasteiger partial charge < -0.3 is 10.6 Å². The average Bonchev–Trinajstić information content (AvgIpc) is 3.03. The topological polar surface area (TPSA) is 59.0 Å². The van der Waals surface area contributed by atoms with Gasteiger partial charge in [-0.2, -0.15) is 5.10 Å². The molecule has 0 radical (unpaired) electrons. The zero-order valence-corrected chi connectivity index (χ0v) is 12.7. The van der Waals surface area contributed by atoms with Crippen molar-refractivity contribution in [3.05, 3.63) is 42.7 Å². The van der Waals surface area contributed by atoms with E-state index in [2.05, 4.69) is 15.7 Å². The number of piperidine rings is 1. The minimum Gasteiger partial charge on any atom is -0.323 e. The summed E-state index contributed by atoms with van der Waals surface area (Å²) in [5.41, 5.74) is 1.73. The Labute approximate surface area is 130 Å². The predicted molar refractivity (Wildman–Crippen MR) is 87.0 cm³/mol. The SMILES string of the molecule is O=C(CCC1CCNCC1)Nc1cnn(-c2ccccc2)c1. The van der Waals surface area contributed by atoms with Gasteiger partial charge in [0.15, 0.2) is 0 Å². The Morgan fingerprint density at radius 3 is 2.82 bits per heavy atom. The number of rotatable bonds is 5. The van der Waals surface area contributed by atoms with Crippen molar-refractivity contribution in [3.63, 3.8) is 0 Å². The van der Waals surface area contributed by atoms with E-state index in [0.29, 0.717) is 12.3 Å². The highest BCUT2D eigenvalue weighted by Crippen LogP contribution is 2.18. The van der Waals surface area contributed by atoms with Crippen molar-refractivity contribution in [2.24, 2.45) is 5.92 Å². The first kappa shape index (κ1) is 14.8. The molecule has 1 aromatic heterocycles. The number of aromatic nitrogens is 2. The van der Waals surface area contributed by atoms with Crippen LogP contribution in [0.4, 0.5) is 5.69 Å². The maximum absolute atomic E-state index is 12.0. The Morgan fingerprint density at radius 1 is 1.27 bits per heavy atom. The first-order valence-corrected chi connectivity index (χ1v) is 7.92. The molecule has 1 amide bonds. The molecule has 3 rings (SSSR count). The van der Waals surface area contributed by atoms with Gasteiger partial charge in [-0.3, -0.25) is 4.79 Å². The van der Waals surface area contributed by atoms with E-state index >= 15 is 0 Å². The van der Waals surface area contributed by atoms with Crippen LogP contribution in [-0.2, 0) is 4.79 Å². The van der Waals surface area contributed by atoms with Crippen LogP contribution in [-0.4, -0.2) is 28.8 Å². The predicted octanol–water partition coefficient (Wildman–Crippen LogP) is 2.59. The van der Waals surface area contributed by atoms with E-state index in [9.17, 15) is 4.79 Å². The Balaban J connectivity index is 1.50. The van der Waals surface area contributed by atoms with Crippen molar-refractivity contribution in [1.29, 1.82) is 0 Å². The number of benzene rings is 1. The van der Waals surface area contributed by atoms with Crippen molar-refractivity contribution in [3.8, 4) is 5.69 Å².